The van der Waals surface area contributed by atoms with Gasteiger partial charge < -0.3 is 4.74 Å². The van der Waals surface area contributed by atoms with E-state index in [9.17, 15) is 9.59 Å². The molecule has 2 aliphatic heterocycles. The van der Waals surface area contributed by atoms with Crippen LogP contribution in [0, 0.1) is 5.41 Å². The lowest BCUT2D eigenvalue weighted by Gasteiger charge is -2.45. The van der Waals surface area contributed by atoms with Gasteiger partial charge in [-0.2, -0.15) is 0 Å². The molecule has 2 heterocycles. The van der Waals surface area contributed by atoms with Crippen molar-refractivity contribution in [1.82, 2.24) is 4.90 Å². The maximum Gasteiger partial charge on any atom is 0.261 e. The van der Waals surface area contributed by atoms with Crippen molar-refractivity contribution in [3.05, 3.63) is 71.3 Å². The molecule has 2 aliphatic rings. The summed E-state index contributed by atoms with van der Waals surface area (Å²) in [6, 6.07) is 17.6. The van der Waals surface area contributed by atoms with Gasteiger partial charge in [0, 0.05) is 13.2 Å². The Hall–Kier alpha value is -2.46. The molecule has 0 radical (unpaired) electrons. The van der Waals surface area contributed by atoms with Gasteiger partial charge in [-0.25, -0.2) is 0 Å². The number of fused-ring (bicyclic) bond motifs is 1. The fraction of sp³-hybridized carbons (Fsp3) is 0.417. The number of benzene rings is 2. The van der Waals surface area contributed by atoms with Crippen molar-refractivity contribution < 1.29 is 14.3 Å². The van der Waals surface area contributed by atoms with Crippen molar-refractivity contribution in [1.29, 1.82) is 0 Å². The van der Waals surface area contributed by atoms with E-state index in [1.807, 2.05) is 18.2 Å². The highest BCUT2D eigenvalue weighted by Crippen LogP contribution is 2.44. The lowest BCUT2D eigenvalue weighted by molar-refractivity contribution is -0.107. The van der Waals surface area contributed by atoms with Crippen LogP contribution in [0.3, 0.4) is 0 Å². The molecule has 0 spiro atoms. The van der Waals surface area contributed by atoms with E-state index in [1.165, 1.54) is 10.5 Å². The fourth-order valence-corrected chi connectivity index (χ4v) is 4.86. The summed E-state index contributed by atoms with van der Waals surface area (Å²) in [5.41, 5.74) is 2.16. The molecular formula is C24H27NO3. The molecule has 4 nitrogen and oxygen atoms in total. The van der Waals surface area contributed by atoms with Crippen LogP contribution in [0.15, 0.2) is 54.6 Å². The average Bonchev–Trinajstić information content (AvgIpc) is 2.91. The van der Waals surface area contributed by atoms with Crippen LogP contribution in [0.5, 0.6) is 0 Å². The van der Waals surface area contributed by atoms with E-state index in [0.717, 1.165) is 25.7 Å². The largest absolute Gasteiger partial charge is 0.376 e. The summed E-state index contributed by atoms with van der Waals surface area (Å²) in [6.45, 7) is 5.43. The van der Waals surface area contributed by atoms with Crippen LogP contribution in [0.2, 0.25) is 0 Å². The van der Waals surface area contributed by atoms with Crippen LogP contribution in [0.1, 0.15) is 59.4 Å². The molecule has 2 amide bonds. The SMILES string of the molecule is CC1(C)CC(CCN2C(=O)c3ccccc3C2=O)(Cc2ccccc2)CCO1. The Bertz CT molecular complexity index is 855. The number of ether oxygens (including phenoxy) is 1. The summed E-state index contributed by atoms with van der Waals surface area (Å²) < 4.78 is 5.98. The number of hydrogen-bond donors (Lipinski definition) is 0. The molecule has 2 aromatic rings. The minimum Gasteiger partial charge on any atom is -0.376 e. The molecule has 0 bridgehead atoms. The van der Waals surface area contributed by atoms with Gasteiger partial charge in [-0.15, -0.1) is 0 Å². The van der Waals surface area contributed by atoms with Crippen molar-refractivity contribution in [3.63, 3.8) is 0 Å². The third kappa shape index (κ3) is 3.61. The molecule has 2 aromatic carbocycles. The number of carbonyl (C=O) groups excluding carboxylic acids is 2. The minimum atomic E-state index is -0.199. The monoisotopic (exact) mass is 377 g/mol. The van der Waals surface area contributed by atoms with Crippen LogP contribution < -0.4 is 0 Å². The zero-order chi connectivity index (χ0) is 19.8. The Morgan fingerprint density at radius 3 is 2.14 bits per heavy atom. The van der Waals surface area contributed by atoms with Crippen molar-refractivity contribution in [2.24, 2.45) is 5.41 Å². The number of amides is 2. The summed E-state index contributed by atoms with van der Waals surface area (Å²) in [7, 11) is 0. The van der Waals surface area contributed by atoms with Gasteiger partial charge in [0.05, 0.1) is 16.7 Å². The number of rotatable bonds is 5. The first kappa shape index (κ1) is 18.9. The smallest absolute Gasteiger partial charge is 0.261 e. The number of nitrogens with zero attached hydrogens (tertiary/aromatic N) is 1. The van der Waals surface area contributed by atoms with E-state index in [0.29, 0.717) is 24.3 Å². The van der Waals surface area contributed by atoms with Crippen LogP contribution in [-0.2, 0) is 11.2 Å². The highest BCUT2D eigenvalue weighted by Gasteiger charge is 2.43. The first-order valence-electron chi connectivity index (χ1n) is 10.0. The summed E-state index contributed by atoms with van der Waals surface area (Å²) >= 11 is 0. The second-order valence-electron chi connectivity index (χ2n) is 8.75. The highest BCUT2D eigenvalue weighted by molar-refractivity contribution is 6.21. The molecule has 0 aromatic heterocycles. The molecule has 1 fully saturated rings. The summed E-state index contributed by atoms with van der Waals surface area (Å²) in [4.78, 5) is 26.9. The van der Waals surface area contributed by atoms with Gasteiger partial charge in [0.15, 0.2) is 0 Å². The van der Waals surface area contributed by atoms with Gasteiger partial charge in [-0.05, 0) is 62.6 Å². The maximum absolute atomic E-state index is 12.8. The fourth-order valence-electron chi connectivity index (χ4n) is 4.86. The molecule has 146 valence electrons. The van der Waals surface area contributed by atoms with E-state index in [-0.39, 0.29) is 22.8 Å². The van der Waals surface area contributed by atoms with Crippen LogP contribution in [0.25, 0.3) is 0 Å². The molecule has 1 unspecified atom stereocenters. The van der Waals surface area contributed by atoms with E-state index in [1.54, 1.807) is 12.1 Å². The Morgan fingerprint density at radius 1 is 0.929 bits per heavy atom. The second kappa shape index (κ2) is 7.17. The van der Waals surface area contributed by atoms with Crippen molar-refractivity contribution >= 4 is 11.8 Å². The molecule has 0 N–H and O–H groups in total. The topological polar surface area (TPSA) is 46.6 Å². The van der Waals surface area contributed by atoms with E-state index in [2.05, 4.69) is 38.1 Å². The quantitative estimate of drug-likeness (QED) is 0.721. The van der Waals surface area contributed by atoms with Gasteiger partial charge in [-0.1, -0.05) is 42.5 Å². The normalized spacial score (nSPS) is 23.7. The predicted octanol–water partition coefficient (Wildman–Crippen LogP) is 4.49. The van der Waals surface area contributed by atoms with E-state index in [4.69, 9.17) is 4.74 Å². The van der Waals surface area contributed by atoms with Gasteiger partial charge in [0.2, 0.25) is 0 Å². The van der Waals surface area contributed by atoms with Crippen LogP contribution in [-0.4, -0.2) is 35.5 Å². The molecule has 28 heavy (non-hydrogen) atoms. The predicted molar refractivity (Wildman–Crippen MR) is 108 cm³/mol. The molecule has 1 saturated heterocycles. The highest BCUT2D eigenvalue weighted by atomic mass is 16.5. The first-order valence-corrected chi connectivity index (χ1v) is 10.0. The summed E-state index contributed by atoms with van der Waals surface area (Å²) in [5, 5.41) is 0. The average molecular weight is 377 g/mol. The van der Waals surface area contributed by atoms with Crippen LogP contribution in [0.4, 0.5) is 0 Å². The minimum absolute atomic E-state index is 0.0123. The third-order valence-electron chi connectivity index (χ3n) is 6.09. The van der Waals surface area contributed by atoms with Gasteiger partial charge in [0.1, 0.15) is 0 Å². The van der Waals surface area contributed by atoms with Crippen molar-refractivity contribution in [2.45, 2.75) is 45.1 Å². The summed E-state index contributed by atoms with van der Waals surface area (Å²) in [5.74, 6) is -0.330. The molecular weight excluding hydrogens is 350 g/mol. The molecule has 4 heteroatoms. The standard InChI is InChI=1S/C24H27NO3/c1-23(2)17-24(13-15-28-23,16-18-8-4-3-5-9-18)12-14-25-21(26)19-10-6-7-11-20(19)22(25)27/h3-11H,12-17H2,1-2H3. The Kier molecular flexibility index (Phi) is 4.84. The Labute approximate surface area is 166 Å². The van der Waals surface area contributed by atoms with E-state index >= 15 is 0 Å². The Morgan fingerprint density at radius 2 is 1.54 bits per heavy atom. The van der Waals surface area contributed by atoms with Crippen LogP contribution >= 0.6 is 0 Å². The molecule has 0 aliphatic carbocycles. The summed E-state index contributed by atoms with van der Waals surface area (Å²) in [6.07, 6.45) is 3.58. The first-order chi connectivity index (χ1) is 13.4. The molecule has 1 atom stereocenters. The lowest BCUT2D eigenvalue weighted by atomic mass is 9.68. The van der Waals surface area contributed by atoms with Gasteiger partial charge in [0.25, 0.3) is 11.8 Å². The van der Waals surface area contributed by atoms with Crippen molar-refractivity contribution in [2.75, 3.05) is 13.2 Å². The second-order valence-corrected chi connectivity index (χ2v) is 8.75. The number of carbonyl (C=O) groups is 2. The zero-order valence-electron chi connectivity index (χ0n) is 16.6. The molecule has 4 rings (SSSR count). The lowest BCUT2D eigenvalue weighted by Crippen LogP contribution is -2.44. The number of hydrogen-bond acceptors (Lipinski definition) is 3. The maximum atomic E-state index is 12.8. The van der Waals surface area contributed by atoms with Crippen molar-refractivity contribution in [3.8, 4) is 0 Å². The number of imide groups is 1. The van der Waals surface area contributed by atoms with Gasteiger partial charge in [-0.3, -0.25) is 14.5 Å². The van der Waals surface area contributed by atoms with Gasteiger partial charge >= 0.3 is 0 Å². The Balaban J connectivity index is 1.55. The van der Waals surface area contributed by atoms with E-state index < -0.39 is 0 Å². The molecule has 0 saturated carbocycles. The third-order valence-corrected chi connectivity index (χ3v) is 6.09. The zero-order valence-corrected chi connectivity index (χ0v) is 16.6.